The maximum atomic E-state index is 12.4. The Balaban J connectivity index is 1.98. The van der Waals surface area contributed by atoms with Gasteiger partial charge >= 0.3 is 0 Å². The van der Waals surface area contributed by atoms with Crippen molar-refractivity contribution in [1.82, 2.24) is 4.90 Å². The molecule has 2 N–H and O–H groups in total. The fourth-order valence-electron chi connectivity index (χ4n) is 2.94. The summed E-state index contributed by atoms with van der Waals surface area (Å²) in [5, 5.41) is 0. The molecule has 20 heavy (non-hydrogen) atoms. The quantitative estimate of drug-likeness (QED) is 0.869. The van der Waals surface area contributed by atoms with Gasteiger partial charge in [-0.25, -0.2) is 0 Å². The molecule has 1 saturated heterocycles. The molecule has 0 aliphatic carbocycles. The summed E-state index contributed by atoms with van der Waals surface area (Å²) < 4.78 is 0. The highest BCUT2D eigenvalue weighted by molar-refractivity contribution is 7.80. The minimum Gasteiger partial charge on any atom is -0.389 e. The number of carbonyl (C=O) groups is 1. The van der Waals surface area contributed by atoms with Crippen LogP contribution in [0.5, 0.6) is 0 Å². The molecule has 0 spiro atoms. The summed E-state index contributed by atoms with van der Waals surface area (Å²) >= 11 is 4.92. The van der Waals surface area contributed by atoms with Crippen molar-refractivity contribution >= 4 is 23.1 Å². The van der Waals surface area contributed by atoms with Crippen LogP contribution in [0.1, 0.15) is 31.4 Å². The van der Waals surface area contributed by atoms with Crippen molar-refractivity contribution in [3.05, 3.63) is 35.4 Å². The molecule has 1 aromatic carbocycles. The predicted molar refractivity (Wildman–Crippen MR) is 85.6 cm³/mol. The van der Waals surface area contributed by atoms with Gasteiger partial charge in [0.25, 0.3) is 0 Å². The van der Waals surface area contributed by atoms with Crippen LogP contribution in [-0.4, -0.2) is 28.9 Å². The van der Waals surface area contributed by atoms with Gasteiger partial charge in [0.15, 0.2) is 0 Å². The van der Waals surface area contributed by atoms with Crippen LogP contribution < -0.4 is 5.73 Å². The van der Waals surface area contributed by atoms with Crippen molar-refractivity contribution in [3.63, 3.8) is 0 Å². The van der Waals surface area contributed by atoms with E-state index in [9.17, 15) is 4.79 Å². The van der Waals surface area contributed by atoms with Crippen molar-refractivity contribution in [2.45, 2.75) is 26.7 Å². The van der Waals surface area contributed by atoms with Crippen LogP contribution in [0.15, 0.2) is 24.3 Å². The van der Waals surface area contributed by atoms with Gasteiger partial charge in [-0.15, -0.1) is 0 Å². The minimum atomic E-state index is 0.214. The zero-order valence-corrected chi connectivity index (χ0v) is 13.0. The molecule has 1 fully saturated rings. The second-order valence-electron chi connectivity index (χ2n) is 5.98. The van der Waals surface area contributed by atoms with Gasteiger partial charge in [0.05, 0.1) is 6.42 Å². The number of nitrogens with two attached hydrogens (primary N) is 1. The van der Waals surface area contributed by atoms with E-state index in [1.807, 2.05) is 29.2 Å². The lowest BCUT2D eigenvalue weighted by atomic mass is 9.91. The lowest BCUT2D eigenvalue weighted by Gasteiger charge is -2.35. The van der Waals surface area contributed by atoms with Crippen molar-refractivity contribution in [2.24, 2.45) is 17.6 Å². The summed E-state index contributed by atoms with van der Waals surface area (Å²) in [6.07, 6.45) is 1.67. The van der Waals surface area contributed by atoms with E-state index < -0.39 is 0 Å². The van der Waals surface area contributed by atoms with Crippen LogP contribution in [0.2, 0.25) is 0 Å². The summed E-state index contributed by atoms with van der Waals surface area (Å²) in [6.45, 7) is 6.20. The summed E-state index contributed by atoms with van der Waals surface area (Å²) in [4.78, 5) is 14.7. The number of thiocarbonyl (C=S) groups is 1. The molecule has 1 heterocycles. The van der Waals surface area contributed by atoms with Gasteiger partial charge in [-0.3, -0.25) is 4.79 Å². The molecule has 2 unspecified atom stereocenters. The zero-order chi connectivity index (χ0) is 14.7. The van der Waals surface area contributed by atoms with E-state index in [2.05, 4.69) is 13.8 Å². The van der Waals surface area contributed by atoms with Gasteiger partial charge in [-0.1, -0.05) is 50.3 Å². The molecule has 4 heteroatoms. The number of amides is 1. The Morgan fingerprint density at radius 1 is 1.25 bits per heavy atom. The Hall–Kier alpha value is -1.42. The molecule has 0 radical (unpaired) electrons. The first-order chi connectivity index (χ1) is 9.45. The largest absolute Gasteiger partial charge is 0.389 e. The molecule has 2 rings (SSSR count). The summed E-state index contributed by atoms with van der Waals surface area (Å²) in [6, 6.07) is 7.63. The smallest absolute Gasteiger partial charge is 0.227 e. The highest BCUT2D eigenvalue weighted by Crippen LogP contribution is 2.21. The maximum absolute atomic E-state index is 12.4. The van der Waals surface area contributed by atoms with E-state index in [-0.39, 0.29) is 5.91 Å². The van der Waals surface area contributed by atoms with Gasteiger partial charge in [-0.05, 0) is 23.8 Å². The molecule has 1 aromatic rings. The van der Waals surface area contributed by atoms with Gasteiger partial charge in [0.1, 0.15) is 4.99 Å². The molecule has 1 amide bonds. The summed E-state index contributed by atoms with van der Waals surface area (Å²) in [7, 11) is 0. The van der Waals surface area contributed by atoms with Crippen LogP contribution in [0.3, 0.4) is 0 Å². The molecule has 2 atom stereocenters. The van der Waals surface area contributed by atoms with E-state index in [1.54, 1.807) is 0 Å². The third-order valence-electron chi connectivity index (χ3n) is 3.82. The molecule has 0 bridgehead atoms. The average Bonchev–Trinajstić information content (AvgIpc) is 2.38. The second-order valence-corrected chi connectivity index (χ2v) is 6.42. The molecule has 1 aliphatic rings. The van der Waals surface area contributed by atoms with Crippen LogP contribution >= 0.6 is 12.2 Å². The van der Waals surface area contributed by atoms with Crippen molar-refractivity contribution < 1.29 is 4.79 Å². The summed E-state index contributed by atoms with van der Waals surface area (Å²) in [5.41, 5.74) is 7.43. The maximum Gasteiger partial charge on any atom is 0.227 e. The fraction of sp³-hybridized carbons (Fsp3) is 0.500. The fourth-order valence-corrected chi connectivity index (χ4v) is 3.08. The second kappa shape index (κ2) is 6.35. The predicted octanol–water partition coefficient (Wildman–Crippen LogP) is 2.37. The number of likely N-dealkylation sites (tertiary alicyclic amines) is 1. The number of hydrogen-bond acceptors (Lipinski definition) is 2. The van der Waals surface area contributed by atoms with Crippen LogP contribution in [0, 0.1) is 11.8 Å². The third-order valence-corrected chi connectivity index (χ3v) is 4.05. The Kier molecular flexibility index (Phi) is 4.76. The molecule has 108 valence electrons. The van der Waals surface area contributed by atoms with Gasteiger partial charge in [0.2, 0.25) is 5.91 Å². The van der Waals surface area contributed by atoms with E-state index in [0.29, 0.717) is 23.2 Å². The molecule has 0 aromatic heterocycles. The highest BCUT2D eigenvalue weighted by atomic mass is 32.1. The Labute approximate surface area is 126 Å². The lowest BCUT2D eigenvalue weighted by Crippen LogP contribution is -2.43. The highest BCUT2D eigenvalue weighted by Gasteiger charge is 2.25. The minimum absolute atomic E-state index is 0.214. The number of carbonyl (C=O) groups excluding carboxylic acids is 1. The summed E-state index contributed by atoms with van der Waals surface area (Å²) in [5.74, 6) is 1.41. The van der Waals surface area contributed by atoms with Gasteiger partial charge in [-0.2, -0.15) is 0 Å². The van der Waals surface area contributed by atoms with Crippen molar-refractivity contribution in [1.29, 1.82) is 0 Å². The number of hydrogen-bond donors (Lipinski definition) is 1. The SMILES string of the molecule is CC1CC(C)CN(C(=O)Cc2ccc(C(N)=S)cc2)C1. The number of piperidine rings is 1. The van der Waals surface area contributed by atoms with Crippen molar-refractivity contribution in [2.75, 3.05) is 13.1 Å². The average molecular weight is 290 g/mol. The Bertz CT molecular complexity index is 488. The number of benzene rings is 1. The molecular formula is C16H22N2OS. The lowest BCUT2D eigenvalue weighted by molar-refractivity contribution is -0.133. The Morgan fingerprint density at radius 3 is 2.30 bits per heavy atom. The van der Waals surface area contributed by atoms with Crippen molar-refractivity contribution in [3.8, 4) is 0 Å². The van der Waals surface area contributed by atoms with E-state index >= 15 is 0 Å². The molecule has 0 saturated carbocycles. The van der Waals surface area contributed by atoms with Crippen LogP contribution in [-0.2, 0) is 11.2 Å². The first-order valence-electron chi connectivity index (χ1n) is 7.12. The molecule has 3 nitrogen and oxygen atoms in total. The molecular weight excluding hydrogens is 268 g/mol. The number of nitrogens with zero attached hydrogens (tertiary/aromatic N) is 1. The Morgan fingerprint density at radius 2 is 1.80 bits per heavy atom. The zero-order valence-electron chi connectivity index (χ0n) is 12.1. The number of rotatable bonds is 3. The first-order valence-corrected chi connectivity index (χ1v) is 7.53. The van der Waals surface area contributed by atoms with E-state index in [0.717, 1.165) is 24.2 Å². The third kappa shape index (κ3) is 3.79. The van der Waals surface area contributed by atoms with E-state index in [1.165, 1.54) is 6.42 Å². The topological polar surface area (TPSA) is 46.3 Å². The van der Waals surface area contributed by atoms with Gasteiger partial charge < -0.3 is 10.6 Å². The van der Waals surface area contributed by atoms with Crippen LogP contribution in [0.4, 0.5) is 0 Å². The first kappa shape index (κ1) is 15.0. The normalized spacial score (nSPS) is 22.6. The van der Waals surface area contributed by atoms with E-state index in [4.69, 9.17) is 18.0 Å². The molecule has 1 aliphatic heterocycles. The standard InChI is InChI=1S/C16H22N2OS/c1-11-7-12(2)10-18(9-11)15(19)8-13-3-5-14(6-4-13)16(17)20/h3-6,11-12H,7-10H2,1-2H3,(H2,17,20). The van der Waals surface area contributed by atoms with Gasteiger partial charge in [0, 0.05) is 18.7 Å². The van der Waals surface area contributed by atoms with Crippen LogP contribution in [0.25, 0.3) is 0 Å². The monoisotopic (exact) mass is 290 g/mol.